The lowest BCUT2D eigenvalue weighted by Gasteiger charge is -2.28. The van der Waals surface area contributed by atoms with E-state index in [-0.39, 0.29) is 11.9 Å². The van der Waals surface area contributed by atoms with Crippen molar-refractivity contribution in [3.8, 4) is 5.75 Å². The standard InChI is InChI=1S/C20H24N2O2/c1-13-5-3-7-17(11-13)24-14(2)20(23)22-19-8-4-6-15-12-16(21)9-10-18(15)19/h3,5,7,9-12,14,19H,4,6,8,21H2,1-2H3,(H,22,23). The maximum Gasteiger partial charge on any atom is 0.261 e. The summed E-state index contributed by atoms with van der Waals surface area (Å²) in [4.78, 5) is 12.5. The first-order valence-corrected chi connectivity index (χ1v) is 8.45. The zero-order valence-electron chi connectivity index (χ0n) is 14.2. The Hall–Kier alpha value is -2.49. The van der Waals surface area contributed by atoms with Crippen molar-refractivity contribution in [2.45, 2.75) is 45.3 Å². The fourth-order valence-electron chi connectivity index (χ4n) is 3.22. The molecule has 2 aromatic carbocycles. The van der Waals surface area contributed by atoms with Gasteiger partial charge in [0.2, 0.25) is 0 Å². The van der Waals surface area contributed by atoms with Crippen molar-refractivity contribution in [2.75, 3.05) is 5.73 Å². The van der Waals surface area contributed by atoms with Gasteiger partial charge in [0.15, 0.2) is 6.10 Å². The molecule has 0 bridgehead atoms. The van der Waals surface area contributed by atoms with E-state index in [1.807, 2.05) is 49.4 Å². The van der Waals surface area contributed by atoms with Gasteiger partial charge in [-0.3, -0.25) is 4.79 Å². The summed E-state index contributed by atoms with van der Waals surface area (Å²) in [6, 6.07) is 13.7. The molecule has 2 aromatic rings. The molecule has 2 atom stereocenters. The molecule has 1 aliphatic rings. The van der Waals surface area contributed by atoms with E-state index in [9.17, 15) is 4.79 Å². The molecule has 4 heteroatoms. The maximum atomic E-state index is 12.5. The van der Waals surface area contributed by atoms with Crippen molar-refractivity contribution >= 4 is 11.6 Å². The summed E-state index contributed by atoms with van der Waals surface area (Å²) in [5.41, 5.74) is 10.2. The predicted molar refractivity (Wildman–Crippen MR) is 95.9 cm³/mol. The van der Waals surface area contributed by atoms with Gasteiger partial charge in [-0.15, -0.1) is 0 Å². The lowest BCUT2D eigenvalue weighted by Crippen LogP contribution is -2.39. The van der Waals surface area contributed by atoms with E-state index < -0.39 is 6.10 Å². The van der Waals surface area contributed by atoms with Crippen molar-refractivity contribution in [1.82, 2.24) is 5.32 Å². The van der Waals surface area contributed by atoms with Crippen molar-refractivity contribution < 1.29 is 9.53 Å². The lowest BCUT2D eigenvalue weighted by atomic mass is 9.87. The number of nitrogen functional groups attached to an aromatic ring is 1. The number of benzene rings is 2. The molecule has 0 aromatic heterocycles. The molecule has 0 heterocycles. The number of carbonyl (C=O) groups is 1. The van der Waals surface area contributed by atoms with Gasteiger partial charge in [-0.05, 0) is 74.1 Å². The fourth-order valence-corrected chi connectivity index (χ4v) is 3.22. The minimum atomic E-state index is -0.536. The third-order valence-electron chi connectivity index (χ3n) is 4.47. The molecule has 126 valence electrons. The average molecular weight is 324 g/mol. The van der Waals surface area contributed by atoms with Gasteiger partial charge >= 0.3 is 0 Å². The van der Waals surface area contributed by atoms with Gasteiger partial charge in [0.05, 0.1) is 6.04 Å². The fraction of sp³-hybridized carbons (Fsp3) is 0.350. The highest BCUT2D eigenvalue weighted by Gasteiger charge is 2.24. The molecule has 0 spiro atoms. The maximum absolute atomic E-state index is 12.5. The Morgan fingerprint density at radius 2 is 2.12 bits per heavy atom. The number of hydrogen-bond donors (Lipinski definition) is 2. The van der Waals surface area contributed by atoms with Gasteiger partial charge in [0.1, 0.15) is 5.75 Å². The summed E-state index contributed by atoms with van der Waals surface area (Å²) in [6.45, 7) is 3.78. The van der Waals surface area contributed by atoms with E-state index in [1.165, 1.54) is 11.1 Å². The van der Waals surface area contributed by atoms with Crippen LogP contribution in [0.3, 0.4) is 0 Å². The van der Waals surface area contributed by atoms with Crippen LogP contribution in [0.1, 0.15) is 42.5 Å². The first-order chi connectivity index (χ1) is 11.5. The summed E-state index contributed by atoms with van der Waals surface area (Å²) in [5, 5.41) is 3.12. The van der Waals surface area contributed by atoms with Crippen LogP contribution >= 0.6 is 0 Å². The van der Waals surface area contributed by atoms with E-state index >= 15 is 0 Å². The molecule has 1 amide bonds. The van der Waals surface area contributed by atoms with E-state index in [4.69, 9.17) is 10.5 Å². The number of carbonyl (C=O) groups excluding carboxylic acids is 1. The van der Waals surface area contributed by atoms with Crippen LogP contribution in [-0.4, -0.2) is 12.0 Å². The van der Waals surface area contributed by atoms with Crippen LogP contribution in [0, 0.1) is 6.92 Å². The number of nitrogens with one attached hydrogen (secondary N) is 1. The zero-order chi connectivity index (χ0) is 17.1. The van der Waals surface area contributed by atoms with E-state index in [2.05, 4.69) is 5.32 Å². The Morgan fingerprint density at radius 3 is 2.92 bits per heavy atom. The van der Waals surface area contributed by atoms with E-state index in [0.29, 0.717) is 0 Å². The van der Waals surface area contributed by atoms with Gasteiger partial charge in [0.25, 0.3) is 5.91 Å². The second-order valence-electron chi connectivity index (χ2n) is 6.49. The molecule has 4 nitrogen and oxygen atoms in total. The molecule has 24 heavy (non-hydrogen) atoms. The van der Waals surface area contributed by atoms with Crippen LogP contribution in [-0.2, 0) is 11.2 Å². The van der Waals surface area contributed by atoms with Crippen LogP contribution in [0.5, 0.6) is 5.75 Å². The second kappa shape index (κ2) is 6.95. The van der Waals surface area contributed by atoms with Crippen LogP contribution in [0.2, 0.25) is 0 Å². The Balaban J connectivity index is 1.67. The molecule has 0 fully saturated rings. The third kappa shape index (κ3) is 3.70. The molecular weight excluding hydrogens is 300 g/mol. The molecule has 2 unspecified atom stereocenters. The van der Waals surface area contributed by atoms with Crippen LogP contribution < -0.4 is 15.8 Å². The second-order valence-corrected chi connectivity index (χ2v) is 6.49. The van der Waals surface area contributed by atoms with Crippen molar-refractivity contribution in [2.24, 2.45) is 0 Å². The topological polar surface area (TPSA) is 64.3 Å². The highest BCUT2D eigenvalue weighted by Crippen LogP contribution is 2.31. The summed E-state index contributed by atoms with van der Waals surface area (Å²) in [5.74, 6) is 0.626. The van der Waals surface area contributed by atoms with Crippen molar-refractivity contribution in [3.63, 3.8) is 0 Å². The first-order valence-electron chi connectivity index (χ1n) is 8.45. The number of ether oxygens (including phenoxy) is 1. The quantitative estimate of drug-likeness (QED) is 0.846. The Morgan fingerprint density at radius 1 is 1.29 bits per heavy atom. The highest BCUT2D eigenvalue weighted by molar-refractivity contribution is 5.81. The monoisotopic (exact) mass is 324 g/mol. The zero-order valence-corrected chi connectivity index (χ0v) is 14.2. The molecule has 0 radical (unpaired) electrons. The van der Waals surface area contributed by atoms with Crippen LogP contribution in [0.25, 0.3) is 0 Å². The minimum absolute atomic E-state index is 0.0328. The van der Waals surface area contributed by atoms with Gasteiger partial charge in [-0.2, -0.15) is 0 Å². The first kappa shape index (κ1) is 16.4. The van der Waals surface area contributed by atoms with E-state index in [1.54, 1.807) is 6.92 Å². The van der Waals surface area contributed by atoms with Crippen molar-refractivity contribution in [3.05, 3.63) is 59.2 Å². The molecule has 0 saturated carbocycles. The molecule has 0 aliphatic heterocycles. The number of hydrogen-bond acceptors (Lipinski definition) is 3. The number of amides is 1. The lowest BCUT2D eigenvalue weighted by molar-refractivity contribution is -0.128. The van der Waals surface area contributed by atoms with Gasteiger partial charge in [-0.1, -0.05) is 18.2 Å². The van der Waals surface area contributed by atoms with Crippen LogP contribution in [0.4, 0.5) is 5.69 Å². The summed E-state index contributed by atoms with van der Waals surface area (Å²) in [7, 11) is 0. The predicted octanol–water partition coefficient (Wildman–Crippen LogP) is 3.54. The van der Waals surface area contributed by atoms with Crippen molar-refractivity contribution in [1.29, 1.82) is 0 Å². The largest absolute Gasteiger partial charge is 0.481 e. The summed E-state index contributed by atoms with van der Waals surface area (Å²) >= 11 is 0. The Kier molecular flexibility index (Phi) is 4.74. The summed E-state index contributed by atoms with van der Waals surface area (Å²) in [6.07, 6.45) is 2.47. The minimum Gasteiger partial charge on any atom is -0.481 e. The van der Waals surface area contributed by atoms with E-state index in [0.717, 1.165) is 36.3 Å². The number of nitrogens with two attached hydrogens (primary N) is 1. The number of aryl methyl sites for hydroxylation is 2. The number of rotatable bonds is 4. The Bertz CT molecular complexity index is 742. The average Bonchev–Trinajstić information content (AvgIpc) is 2.54. The normalized spacial score (nSPS) is 17.7. The number of fused-ring (bicyclic) bond motifs is 1. The molecule has 1 aliphatic carbocycles. The molecule has 3 rings (SSSR count). The highest BCUT2D eigenvalue weighted by atomic mass is 16.5. The smallest absolute Gasteiger partial charge is 0.261 e. The molecular formula is C20H24N2O2. The molecule has 3 N–H and O–H groups in total. The third-order valence-corrected chi connectivity index (χ3v) is 4.47. The van der Waals surface area contributed by atoms with Gasteiger partial charge in [0, 0.05) is 5.69 Å². The van der Waals surface area contributed by atoms with Gasteiger partial charge < -0.3 is 15.8 Å². The molecule has 0 saturated heterocycles. The summed E-state index contributed by atoms with van der Waals surface area (Å²) < 4.78 is 5.77. The Labute approximate surface area is 143 Å². The SMILES string of the molecule is Cc1cccc(OC(C)C(=O)NC2CCCc3cc(N)ccc32)c1. The number of anilines is 1. The van der Waals surface area contributed by atoms with Gasteiger partial charge in [-0.25, -0.2) is 0 Å². The van der Waals surface area contributed by atoms with Crippen LogP contribution in [0.15, 0.2) is 42.5 Å².